The van der Waals surface area contributed by atoms with E-state index in [1.54, 1.807) is 5.56 Å². The Morgan fingerprint density at radius 3 is 2.63 bits per heavy atom. The van der Waals surface area contributed by atoms with Crippen molar-refractivity contribution in [3.63, 3.8) is 0 Å². The molecule has 27 heavy (non-hydrogen) atoms. The second-order valence-electron chi connectivity index (χ2n) is 8.06. The number of nitrogens with one attached hydrogen (secondary N) is 1. The van der Waals surface area contributed by atoms with Crippen molar-refractivity contribution >= 4 is 38.4 Å². The zero-order valence-corrected chi connectivity index (χ0v) is 16.9. The van der Waals surface area contributed by atoms with Crippen LogP contribution in [0.1, 0.15) is 67.4 Å². The smallest absolute Gasteiger partial charge is 0.0587 e. The van der Waals surface area contributed by atoms with Gasteiger partial charge in [-0.25, -0.2) is 0 Å². The highest BCUT2D eigenvalue weighted by atomic mass is 32.1. The topological polar surface area (TPSA) is 12.0 Å². The number of para-hydroxylation sites is 1. The highest BCUT2D eigenvalue weighted by molar-refractivity contribution is 7.21. The molecule has 0 radical (unpaired) electrons. The number of fused-ring (bicyclic) bond motifs is 3. The lowest BCUT2D eigenvalue weighted by Gasteiger charge is -2.24. The Morgan fingerprint density at radius 2 is 1.74 bits per heavy atom. The monoisotopic (exact) mass is 373 g/mol. The fourth-order valence-electron chi connectivity index (χ4n) is 4.89. The normalized spacial score (nSPS) is 17.6. The molecule has 0 bridgehead atoms. The highest BCUT2D eigenvalue weighted by Crippen LogP contribution is 2.44. The van der Waals surface area contributed by atoms with Gasteiger partial charge in [0.1, 0.15) is 0 Å². The van der Waals surface area contributed by atoms with Crippen molar-refractivity contribution < 1.29 is 0 Å². The molecule has 2 heteroatoms. The van der Waals surface area contributed by atoms with Gasteiger partial charge >= 0.3 is 0 Å². The van der Waals surface area contributed by atoms with E-state index < -0.39 is 0 Å². The summed E-state index contributed by atoms with van der Waals surface area (Å²) in [5.74, 6) is 0.711. The molecule has 2 aliphatic rings. The predicted octanol–water partition coefficient (Wildman–Crippen LogP) is 8.04. The molecule has 0 aliphatic heterocycles. The molecule has 1 aromatic heterocycles. The Kier molecular flexibility index (Phi) is 4.53. The molecule has 0 saturated heterocycles. The van der Waals surface area contributed by atoms with Crippen LogP contribution in [-0.2, 0) is 6.42 Å². The largest absolute Gasteiger partial charge is 0.354 e. The summed E-state index contributed by atoms with van der Waals surface area (Å²) in [6.45, 7) is 2.26. The van der Waals surface area contributed by atoms with Crippen LogP contribution in [0.2, 0.25) is 0 Å². The van der Waals surface area contributed by atoms with E-state index in [9.17, 15) is 0 Å². The van der Waals surface area contributed by atoms with Gasteiger partial charge in [0.2, 0.25) is 0 Å². The van der Waals surface area contributed by atoms with E-state index in [1.165, 1.54) is 82.4 Å². The number of hydrogen-bond acceptors (Lipinski definition) is 2. The van der Waals surface area contributed by atoms with Crippen LogP contribution >= 0.6 is 11.3 Å². The third kappa shape index (κ3) is 3.10. The maximum Gasteiger partial charge on any atom is 0.0587 e. The van der Waals surface area contributed by atoms with Crippen LogP contribution in [0.5, 0.6) is 0 Å². The number of thiophene rings is 1. The van der Waals surface area contributed by atoms with Crippen molar-refractivity contribution in [1.82, 2.24) is 0 Å². The number of allylic oxidation sites excluding steroid dienone is 2. The molecule has 0 unspecified atom stereocenters. The van der Waals surface area contributed by atoms with Crippen LogP contribution in [0.15, 0.2) is 48.5 Å². The summed E-state index contributed by atoms with van der Waals surface area (Å²) in [5.41, 5.74) is 7.08. The summed E-state index contributed by atoms with van der Waals surface area (Å²) in [5, 5.41) is 5.27. The van der Waals surface area contributed by atoms with E-state index in [4.69, 9.17) is 0 Å². The van der Waals surface area contributed by atoms with Gasteiger partial charge in [-0.15, -0.1) is 11.3 Å². The molecular formula is C25H27NS. The third-order valence-corrected chi connectivity index (χ3v) is 7.71. The Labute approximate surface area is 166 Å². The minimum absolute atomic E-state index is 0.711. The molecule has 0 amide bonds. The first-order valence-electron chi connectivity index (χ1n) is 10.4. The van der Waals surface area contributed by atoms with Crippen LogP contribution < -0.4 is 5.32 Å². The summed E-state index contributed by atoms with van der Waals surface area (Å²) in [7, 11) is 0. The second kappa shape index (κ2) is 7.16. The fourth-order valence-corrected chi connectivity index (χ4v) is 6.20. The summed E-state index contributed by atoms with van der Waals surface area (Å²) >= 11 is 1.96. The first-order chi connectivity index (χ1) is 13.3. The van der Waals surface area contributed by atoms with Crippen molar-refractivity contribution in [2.75, 3.05) is 5.32 Å². The minimum atomic E-state index is 0.711. The molecule has 2 aliphatic carbocycles. The molecule has 1 saturated carbocycles. The molecule has 5 rings (SSSR count). The van der Waals surface area contributed by atoms with E-state index in [1.807, 2.05) is 11.3 Å². The number of hydrogen-bond donors (Lipinski definition) is 1. The molecule has 1 N–H and O–H groups in total. The van der Waals surface area contributed by atoms with Crippen LogP contribution in [-0.4, -0.2) is 0 Å². The Morgan fingerprint density at radius 1 is 0.926 bits per heavy atom. The van der Waals surface area contributed by atoms with Gasteiger partial charge in [0.25, 0.3) is 0 Å². The molecule has 1 nitrogen and oxygen atoms in total. The lowest BCUT2D eigenvalue weighted by atomic mass is 9.83. The van der Waals surface area contributed by atoms with Gasteiger partial charge in [-0.05, 0) is 72.7 Å². The maximum atomic E-state index is 3.83. The number of aryl methyl sites for hydroxylation is 1. The van der Waals surface area contributed by atoms with E-state index >= 15 is 0 Å². The first-order valence-corrected chi connectivity index (χ1v) is 11.2. The van der Waals surface area contributed by atoms with E-state index in [0.717, 1.165) is 0 Å². The third-order valence-electron chi connectivity index (χ3n) is 6.30. The van der Waals surface area contributed by atoms with Crippen LogP contribution in [0, 0.1) is 0 Å². The zero-order valence-electron chi connectivity index (χ0n) is 16.1. The summed E-state index contributed by atoms with van der Waals surface area (Å²) < 4.78 is 1.41. The zero-order chi connectivity index (χ0) is 18.2. The van der Waals surface area contributed by atoms with Crippen molar-refractivity contribution in [1.29, 1.82) is 0 Å². The molecule has 2 aromatic carbocycles. The lowest BCUT2D eigenvalue weighted by molar-refractivity contribution is 0.444. The van der Waals surface area contributed by atoms with Gasteiger partial charge in [0.15, 0.2) is 0 Å². The molecule has 3 aromatic rings. The van der Waals surface area contributed by atoms with Crippen molar-refractivity contribution in [2.24, 2.45) is 0 Å². The van der Waals surface area contributed by atoms with Gasteiger partial charge in [-0.1, -0.05) is 55.7 Å². The quantitative estimate of drug-likeness (QED) is 0.490. The van der Waals surface area contributed by atoms with Crippen molar-refractivity contribution in [3.05, 3.63) is 64.5 Å². The fraction of sp³-hybridized carbons (Fsp3) is 0.360. The van der Waals surface area contributed by atoms with Crippen molar-refractivity contribution in [3.8, 4) is 0 Å². The minimum Gasteiger partial charge on any atom is -0.354 e. The average molecular weight is 374 g/mol. The standard InChI is InChI=1S/C25H27NS/c1-17-9-7-13-20-21-14-8-16-23(25(21)27-24(17)20)26-22-15-6-5-12-19(22)18-10-3-2-4-11-18/h5-6,8-9,12,14-16,18,26H,2-4,7,10-11,13H2,1H3. The maximum absolute atomic E-state index is 3.83. The van der Waals surface area contributed by atoms with Gasteiger partial charge in [-0.2, -0.15) is 0 Å². The van der Waals surface area contributed by atoms with Crippen LogP contribution in [0.4, 0.5) is 11.4 Å². The number of rotatable bonds is 3. The first kappa shape index (κ1) is 17.1. The molecular weight excluding hydrogens is 346 g/mol. The molecule has 0 spiro atoms. The lowest BCUT2D eigenvalue weighted by Crippen LogP contribution is -2.07. The summed E-state index contributed by atoms with van der Waals surface area (Å²) in [6, 6.07) is 15.7. The molecule has 138 valence electrons. The van der Waals surface area contributed by atoms with E-state index in [0.29, 0.717) is 5.92 Å². The van der Waals surface area contributed by atoms with Gasteiger partial charge < -0.3 is 5.32 Å². The summed E-state index contributed by atoms with van der Waals surface area (Å²) in [6.07, 6.45) is 11.6. The van der Waals surface area contributed by atoms with E-state index in [-0.39, 0.29) is 0 Å². The Bertz CT molecular complexity index is 1000. The average Bonchev–Trinajstić information content (AvgIpc) is 3.11. The molecule has 1 heterocycles. The molecule has 1 fully saturated rings. The van der Waals surface area contributed by atoms with Gasteiger partial charge in [-0.3, -0.25) is 0 Å². The molecule has 0 atom stereocenters. The predicted molar refractivity (Wildman–Crippen MR) is 119 cm³/mol. The van der Waals surface area contributed by atoms with E-state index in [2.05, 4.69) is 60.8 Å². The van der Waals surface area contributed by atoms with Crippen LogP contribution in [0.3, 0.4) is 0 Å². The Hall–Kier alpha value is -2.06. The SMILES string of the molecule is CC1=CCCc2c1sc1c(Nc3ccccc3C3CCCCC3)cccc21. The van der Waals surface area contributed by atoms with Gasteiger partial charge in [0, 0.05) is 10.6 Å². The summed E-state index contributed by atoms with van der Waals surface area (Å²) in [4.78, 5) is 1.49. The Balaban J connectivity index is 1.55. The second-order valence-corrected chi connectivity index (χ2v) is 9.09. The number of anilines is 2. The van der Waals surface area contributed by atoms with Crippen molar-refractivity contribution in [2.45, 2.75) is 57.8 Å². The number of benzene rings is 2. The highest BCUT2D eigenvalue weighted by Gasteiger charge is 2.20. The van der Waals surface area contributed by atoms with Gasteiger partial charge in [0.05, 0.1) is 10.4 Å². The van der Waals surface area contributed by atoms with Crippen LogP contribution in [0.25, 0.3) is 15.7 Å².